The number of rotatable bonds is 3. The third-order valence-corrected chi connectivity index (χ3v) is 3.48. The molecular weight excluding hydrogens is 228 g/mol. The van der Waals surface area contributed by atoms with E-state index in [9.17, 15) is 8.42 Å². The standard InChI is InChI=1S/C11H12O4S/c1-9-2-4-11(5-3-9)16(12,13)15-10-6-7-14-8-10/h2-6H,7-8H2,1H3. The zero-order chi connectivity index (χ0) is 11.6. The molecule has 4 nitrogen and oxygen atoms in total. The van der Waals surface area contributed by atoms with E-state index in [0.717, 1.165) is 5.56 Å². The Labute approximate surface area is 94.6 Å². The van der Waals surface area contributed by atoms with Crippen LogP contribution in [-0.4, -0.2) is 21.6 Å². The van der Waals surface area contributed by atoms with E-state index in [4.69, 9.17) is 8.92 Å². The van der Waals surface area contributed by atoms with Crippen LogP contribution in [0.25, 0.3) is 0 Å². The van der Waals surface area contributed by atoms with Gasteiger partial charge in [-0.15, -0.1) is 0 Å². The van der Waals surface area contributed by atoms with Crippen molar-refractivity contribution in [2.45, 2.75) is 11.8 Å². The van der Waals surface area contributed by atoms with Crippen LogP contribution in [0.1, 0.15) is 5.56 Å². The van der Waals surface area contributed by atoms with Crippen molar-refractivity contribution < 1.29 is 17.3 Å². The fourth-order valence-corrected chi connectivity index (χ4v) is 2.29. The van der Waals surface area contributed by atoms with E-state index < -0.39 is 10.1 Å². The predicted octanol–water partition coefficient (Wildman–Crippen LogP) is 1.61. The number of aryl methyl sites for hydroxylation is 1. The Morgan fingerprint density at radius 2 is 1.94 bits per heavy atom. The topological polar surface area (TPSA) is 52.6 Å². The van der Waals surface area contributed by atoms with Gasteiger partial charge in [0.15, 0.2) is 0 Å². The summed E-state index contributed by atoms with van der Waals surface area (Å²) in [5.41, 5.74) is 1.00. The van der Waals surface area contributed by atoms with Gasteiger partial charge >= 0.3 is 10.1 Å². The second kappa shape index (κ2) is 4.27. The molecule has 0 spiro atoms. The largest absolute Gasteiger partial charge is 0.381 e. The third kappa shape index (κ3) is 2.43. The SMILES string of the molecule is Cc1ccc(S(=O)(=O)OC2=CCOC2)cc1. The first kappa shape index (κ1) is 11.2. The van der Waals surface area contributed by atoms with Gasteiger partial charge in [0.25, 0.3) is 0 Å². The minimum atomic E-state index is -3.71. The van der Waals surface area contributed by atoms with Gasteiger partial charge in [-0.25, -0.2) is 0 Å². The van der Waals surface area contributed by atoms with Crippen molar-refractivity contribution in [1.82, 2.24) is 0 Å². The molecule has 2 rings (SSSR count). The van der Waals surface area contributed by atoms with Gasteiger partial charge in [0, 0.05) is 0 Å². The normalized spacial score (nSPS) is 15.9. The fraction of sp³-hybridized carbons (Fsp3) is 0.273. The lowest BCUT2D eigenvalue weighted by molar-refractivity contribution is 0.188. The highest BCUT2D eigenvalue weighted by atomic mass is 32.2. The van der Waals surface area contributed by atoms with Crippen LogP contribution in [-0.2, 0) is 19.0 Å². The van der Waals surface area contributed by atoms with Gasteiger partial charge in [0.05, 0.1) is 6.61 Å². The maximum Gasteiger partial charge on any atom is 0.338 e. The summed E-state index contributed by atoms with van der Waals surface area (Å²) in [6.45, 7) is 2.51. The van der Waals surface area contributed by atoms with Gasteiger partial charge in [-0.05, 0) is 25.1 Å². The summed E-state index contributed by atoms with van der Waals surface area (Å²) < 4.78 is 33.5. The summed E-state index contributed by atoms with van der Waals surface area (Å²) in [6.07, 6.45) is 1.62. The Bertz CT molecular complexity index is 499. The van der Waals surface area contributed by atoms with Crippen LogP contribution in [0.3, 0.4) is 0 Å². The second-order valence-electron chi connectivity index (χ2n) is 3.54. The van der Waals surface area contributed by atoms with Crippen LogP contribution in [0.4, 0.5) is 0 Å². The van der Waals surface area contributed by atoms with Gasteiger partial charge < -0.3 is 8.92 Å². The van der Waals surface area contributed by atoms with Crippen molar-refractivity contribution in [2.24, 2.45) is 0 Å². The maximum atomic E-state index is 11.8. The molecular formula is C11H12O4S. The Morgan fingerprint density at radius 1 is 1.25 bits per heavy atom. The highest BCUT2D eigenvalue weighted by Gasteiger charge is 2.19. The van der Waals surface area contributed by atoms with Crippen LogP contribution >= 0.6 is 0 Å². The van der Waals surface area contributed by atoms with E-state index in [2.05, 4.69) is 0 Å². The molecule has 0 N–H and O–H groups in total. The summed E-state index contributed by atoms with van der Waals surface area (Å²) in [7, 11) is -3.71. The van der Waals surface area contributed by atoms with E-state index in [0.29, 0.717) is 12.4 Å². The molecule has 0 aliphatic carbocycles. The number of benzene rings is 1. The van der Waals surface area contributed by atoms with Crippen LogP contribution < -0.4 is 0 Å². The molecule has 86 valence electrons. The molecule has 0 radical (unpaired) electrons. The first-order chi connectivity index (χ1) is 7.58. The zero-order valence-electron chi connectivity index (χ0n) is 8.84. The number of ether oxygens (including phenoxy) is 1. The molecule has 0 saturated carbocycles. The van der Waals surface area contributed by atoms with Gasteiger partial charge in [0.2, 0.25) is 0 Å². The van der Waals surface area contributed by atoms with Crippen molar-refractivity contribution in [3.63, 3.8) is 0 Å². The molecule has 0 saturated heterocycles. The van der Waals surface area contributed by atoms with Crippen molar-refractivity contribution in [3.8, 4) is 0 Å². The Kier molecular flexibility index (Phi) is 2.98. The maximum absolute atomic E-state index is 11.8. The van der Waals surface area contributed by atoms with E-state index in [1.807, 2.05) is 6.92 Å². The van der Waals surface area contributed by atoms with Crippen LogP contribution in [0.5, 0.6) is 0 Å². The second-order valence-corrected chi connectivity index (χ2v) is 5.08. The lowest BCUT2D eigenvalue weighted by Crippen LogP contribution is -2.07. The lowest BCUT2D eigenvalue weighted by Gasteiger charge is -2.06. The summed E-state index contributed by atoms with van der Waals surface area (Å²) >= 11 is 0. The molecule has 1 aromatic carbocycles. The van der Waals surface area contributed by atoms with Crippen molar-refractivity contribution >= 4 is 10.1 Å². The molecule has 0 fully saturated rings. The molecule has 1 aliphatic heterocycles. The van der Waals surface area contributed by atoms with Gasteiger partial charge in [0.1, 0.15) is 17.3 Å². The molecule has 0 bridgehead atoms. The number of hydrogen-bond donors (Lipinski definition) is 0. The average Bonchev–Trinajstić information content (AvgIpc) is 2.70. The van der Waals surface area contributed by atoms with Crippen molar-refractivity contribution in [3.05, 3.63) is 41.7 Å². The Balaban J connectivity index is 2.21. The monoisotopic (exact) mass is 240 g/mol. The summed E-state index contributed by atoms with van der Waals surface area (Å²) in [4.78, 5) is 0.158. The smallest absolute Gasteiger partial charge is 0.338 e. The molecule has 1 heterocycles. The summed E-state index contributed by atoms with van der Waals surface area (Å²) in [5.74, 6) is 0.348. The van der Waals surface area contributed by atoms with Crippen molar-refractivity contribution in [1.29, 1.82) is 0 Å². The van der Waals surface area contributed by atoms with E-state index in [-0.39, 0.29) is 11.5 Å². The minimum absolute atomic E-state index is 0.158. The van der Waals surface area contributed by atoms with Crippen LogP contribution in [0, 0.1) is 6.92 Å². The highest BCUT2D eigenvalue weighted by Crippen LogP contribution is 2.18. The quantitative estimate of drug-likeness (QED) is 0.753. The van der Waals surface area contributed by atoms with Gasteiger partial charge in [-0.2, -0.15) is 8.42 Å². The van der Waals surface area contributed by atoms with Crippen LogP contribution in [0.15, 0.2) is 41.0 Å². The molecule has 5 heteroatoms. The molecule has 0 unspecified atom stereocenters. The minimum Gasteiger partial charge on any atom is -0.381 e. The molecule has 1 aliphatic rings. The van der Waals surface area contributed by atoms with E-state index >= 15 is 0 Å². The number of hydrogen-bond acceptors (Lipinski definition) is 4. The highest BCUT2D eigenvalue weighted by molar-refractivity contribution is 7.86. The van der Waals surface area contributed by atoms with Crippen molar-refractivity contribution in [2.75, 3.05) is 13.2 Å². The Hall–Kier alpha value is -1.33. The zero-order valence-corrected chi connectivity index (χ0v) is 9.66. The average molecular weight is 240 g/mol. The van der Waals surface area contributed by atoms with E-state index in [1.54, 1.807) is 18.2 Å². The van der Waals surface area contributed by atoms with Gasteiger partial charge in [-0.1, -0.05) is 17.7 Å². The molecule has 0 amide bonds. The summed E-state index contributed by atoms with van der Waals surface area (Å²) in [6, 6.07) is 6.52. The summed E-state index contributed by atoms with van der Waals surface area (Å²) in [5, 5.41) is 0. The van der Waals surface area contributed by atoms with Gasteiger partial charge in [-0.3, -0.25) is 0 Å². The first-order valence-electron chi connectivity index (χ1n) is 4.86. The molecule has 0 atom stereocenters. The fourth-order valence-electron chi connectivity index (χ4n) is 1.32. The predicted molar refractivity (Wildman–Crippen MR) is 58.4 cm³/mol. The first-order valence-corrected chi connectivity index (χ1v) is 6.27. The van der Waals surface area contributed by atoms with Crippen LogP contribution in [0.2, 0.25) is 0 Å². The lowest BCUT2D eigenvalue weighted by atomic mass is 10.2. The van der Waals surface area contributed by atoms with E-state index in [1.165, 1.54) is 12.1 Å². The molecule has 1 aromatic rings. The third-order valence-electron chi connectivity index (χ3n) is 2.20. The Morgan fingerprint density at radius 3 is 2.50 bits per heavy atom. The molecule has 0 aromatic heterocycles. The molecule has 16 heavy (non-hydrogen) atoms.